The zero-order valence-electron chi connectivity index (χ0n) is 13.0. The molecule has 1 aliphatic heterocycles. The maximum atomic E-state index is 5.45. The van der Waals surface area contributed by atoms with Crippen molar-refractivity contribution in [1.29, 1.82) is 0 Å². The van der Waals surface area contributed by atoms with Gasteiger partial charge in [-0.05, 0) is 12.5 Å². The first-order valence-electron chi connectivity index (χ1n) is 7.50. The molecule has 1 saturated heterocycles. The minimum atomic E-state index is 0.390. The van der Waals surface area contributed by atoms with E-state index in [9.17, 15) is 0 Å². The van der Waals surface area contributed by atoms with Crippen LogP contribution in [0.2, 0.25) is 0 Å². The number of methoxy groups -OCH3 is 1. The molecule has 3 rings (SSSR count). The normalized spacial score (nSPS) is 17.5. The highest BCUT2D eigenvalue weighted by atomic mass is 16.5. The fraction of sp³-hybridized carbons (Fsp3) is 0.412. The second-order valence-corrected chi connectivity index (χ2v) is 5.53. The molecule has 2 heterocycles. The first-order valence-corrected chi connectivity index (χ1v) is 7.50. The van der Waals surface area contributed by atoms with Crippen LogP contribution in [0, 0.1) is 0 Å². The van der Waals surface area contributed by atoms with Gasteiger partial charge in [0.15, 0.2) is 0 Å². The Labute approximate surface area is 130 Å². The van der Waals surface area contributed by atoms with Gasteiger partial charge in [0, 0.05) is 37.7 Å². The van der Waals surface area contributed by atoms with Crippen LogP contribution in [0.1, 0.15) is 23.6 Å². The quantitative estimate of drug-likeness (QED) is 0.849. The van der Waals surface area contributed by atoms with E-state index in [1.807, 2.05) is 25.2 Å². The number of rotatable bonds is 5. The number of ether oxygens (including phenoxy) is 2. The van der Waals surface area contributed by atoms with E-state index in [2.05, 4.69) is 27.0 Å². The molecule has 0 aliphatic carbocycles. The molecule has 1 aromatic carbocycles. The van der Waals surface area contributed by atoms with Gasteiger partial charge in [0.25, 0.3) is 0 Å². The molecule has 0 amide bonds. The zero-order valence-corrected chi connectivity index (χ0v) is 13.0. The Morgan fingerprint density at radius 2 is 2.18 bits per heavy atom. The van der Waals surface area contributed by atoms with Gasteiger partial charge in [0.2, 0.25) is 0 Å². The van der Waals surface area contributed by atoms with Crippen molar-refractivity contribution in [2.75, 3.05) is 32.3 Å². The second kappa shape index (κ2) is 6.75. The largest absolute Gasteiger partial charge is 0.496 e. The Morgan fingerprint density at radius 1 is 1.32 bits per heavy atom. The van der Waals surface area contributed by atoms with Gasteiger partial charge in [-0.25, -0.2) is 9.97 Å². The maximum Gasteiger partial charge on any atom is 0.132 e. The first-order chi connectivity index (χ1) is 10.8. The SMILES string of the molecule is COc1ccccc1CN(C)c1cc(C2CCOC2)ncn1. The number of para-hydroxylation sites is 1. The van der Waals surface area contributed by atoms with Gasteiger partial charge in [0.1, 0.15) is 17.9 Å². The Balaban J connectivity index is 1.77. The first kappa shape index (κ1) is 14.8. The highest BCUT2D eigenvalue weighted by Crippen LogP contribution is 2.26. The molecule has 5 heteroatoms. The molecule has 0 spiro atoms. The molecule has 0 N–H and O–H groups in total. The number of hydrogen-bond acceptors (Lipinski definition) is 5. The van der Waals surface area contributed by atoms with Crippen LogP contribution in [-0.2, 0) is 11.3 Å². The van der Waals surface area contributed by atoms with Crippen LogP contribution in [-0.4, -0.2) is 37.3 Å². The van der Waals surface area contributed by atoms with Crippen molar-refractivity contribution in [2.45, 2.75) is 18.9 Å². The number of anilines is 1. The van der Waals surface area contributed by atoms with Crippen LogP contribution in [0.5, 0.6) is 5.75 Å². The van der Waals surface area contributed by atoms with E-state index in [0.29, 0.717) is 5.92 Å². The molecule has 1 atom stereocenters. The summed E-state index contributed by atoms with van der Waals surface area (Å²) in [6.07, 6.45) is 2.67. The van der Waals surface area contributed by atoms with Gasteiger partial charge in [-0.15, -0.1) is 0 Å². The fourth-order valence-corrected chi connectivity index (χ4v) is 2.73. The van der Waals surface area contributed by atoms with E-state index < -0.39 is 0 Å². The summed E-state index contributed by atoms with van der Waals surface area (Å²) in [4.78, 5) is 10.9. The molecule has 5 nitrogen and oxygen atoms in total. The lowest BCUT2D eigenvalue weighted by Crippen LogP contribution is -2.19. The van der Waals surface area contributed by atoms with Crippen molar-refractivity contribution < 1.29 is 9.47 Å². The van der Waals surface area contributed by atoms with Gasteiger partial charge >= 0.3 is 0 Å². The van der Waals surface area contributed by atoms with Crippen LogP contribution < -0.4 is 9.64 Å². The van der Waals surface area contributed by atoms with Crippen LogP contribution in [0.3, 0.4) is 0 Å². The van der Waals surface area contributed by atoms with E-state index in [4.69, 9.17) is 9.47 Å². The number of benzene rings is 1. The van der Waals surface area contributed by atoms with Crippen molar-refractivity contribution in [3.05, 3.63) is 47.9 Å². The van der Waals surface area contributed by atoms with E-state index in [0.717, 1.165) is 49.0 Å². The lowest BCUT2D eigenvalue weighted by Gasteiger charge is -2.20. The molecular weight excluding hydrogens is 278 g/mol. The average molecular weight is 299 g/mol. The monoisotopic (exact) mass is 299 g/mol. The molecule has 116 valence electrons. The lowest BCUT2D eigenvalue weighted by molar-refractivity contribution is 0.193. The molecule has 0 bridgehead atoms. The van der Waals surface area contributed by atoms with Crippen molar-refractivity contribution in [1.82, 2.24) is 9.97 Å². The van der Waals surface area contributed by atoms with Crippen molar-refractivity contribution in [3.8, 4) is 5.75 Å². The predicted molar refractivity (Wildman–Crippen MR) is 85.3 cm³/mol. The molecule has 1 aromatic heterocycles. The van der Waals surface area contributed by atoms with Crippen LogP contribution in [0.15, 0.2) is 36.7 Å². The molecule has 0 saturated carbocycles. The van der Waals surface area contributed by atoms with Gasteiger partial charge in [0.05, 0.1) is 19.4 Å². The van der Waals surface area contributed by atoms with Crippen LogP contribution in [0.25, 0.3) is 0 Å². The highest BCUT2D eigenvalue weighted by Gasteiger charge is 2.20. The Hall–Kier alpha value is -2.14. The molecule has 1 unspecified atom stereocenters. The number of aromatic nitrogens is 2. The maximum absolute atomic E-state index is 5.45. The third-order valence-corrected chi connectivity index (χ3v) is 4.01. The predicted octanol–water partition coefficient (Wildman–Crippen LogP) is 2.63. The van der Waals surface area contributed by atoms with Crippen molar-refractivity contribution in [3.63, 3.8) is 0 Å². The molecule has 22 heavy (non-hydrogen) atoms. The van der Waals surface area contributed by atoms with Crippen LogP contribution in [0.4, 0.5) is 5.82 Å². The smallest absolute Gasteiger partial charge is 0.132 e. The Bertz CT molecular complexity index is 627. The summed E-state index contributed by atoms with van der Waals surface area (Å²) in [5.74, 6) is 2.21. The summed E-state index contributed by atoms with van der Waals surface area (Å²) in [6, 6.07) is 10.1. The summed E-state index contributed by atoms with van der Waals surface area (Å²) < 4.78 is 10.9. The summed E-state index contributed by atoms with van der Waals surface area (Å²) >= 11 is 0. The zero-order chi connectivity index (χ0) is 15.4. The minimum Gasteiger partial charge on any atom is -0.496 e. The summed E-state index contributed by atoms with van der Waals surface area (Å²) in [5.41, 5.74) is 2.20. The third kappa shape index (κ3) is 3.20. The fourth-order valence-electron chi connectivity index (χ4n) is 2.73. The molecular formula is C17H21N3O2. The molecule has 1 fully saturated rings. The van der Waals surface area contributed by atoms with Gasteiger partial charge in [-0.1, -0.05) is 18.2 Å². The van der Waals surface area contributed by atoms with E-state index in [1.54, 1.807) is 13.4 Å². The lowest BCUT2D eigenvalue weighted by atomic mass is 10.0. The summed E-state index contributed by atoms with van der Waals surface area (Å²) in [7, 11) is 3.73. The molecule has 2 aromatic rings. The third-order valence-electron chi connectivity index (χ3n) is 4.01. The Kier molecular flexibility index (Phi) is 4.53. The van der Waals surface area contributed by atoms with Gasteiger partial charge in [-0.3, -0.25) is 0 Å². The second-order valence-electron chi connectivity index (χ2n) is 5.53. The highest BCUT2D eigenvalue weighted by molar-refractivity contribution is 5.42. The standard InChI is InChI=1S/C17H21N3O2/c1-20(10-13-5-3-4-6-16(13)21-2)17-9-15(18-12-19-17)14-7-8-22-11-14/h3-6,9,12,14H,7-8,10-11H2,1-2H3. The van der Waals surface area contributed by atoms with Gasteiger partial charge < -0.3 is 14.4 Å². The topological polar surface area (TPSA) is 47.5 Å². The van der Waals surface area contributed by atoms with E-state index in [1.165, 1.54) is 0 Å². The average Bonchev–Trinajstić information content (AvgIpc) is 3.10. The van der Waals surface area contributed by atoms with E-state index in [-0.39, 0.29) is 0 Å². The van der Waals surface area contributed by atoms with E-state index >= 15 is 0 Å². The molecule has 0 radical (unpaired) electrons. The summed E-state index contributed by atoms with van der Waals surface area (Å²) in [6.45, 7) is 2.31. The minimum absolute atomic E-state index is 0.390. The summed E-state index contributed by atoms with van der Waals surface area (Å²) in [5, 5.41) is 0. The van der Waals surface area contributed by atoms with Crippen molar-refractivity contribution >= 4 is 5.82 Å². The van der Waals surface area contributed by atoms with Gasteiger partial charge in [-0.2, -0.15) is 0 Å². The number of nitrogens with zero attached hydrogens (tertiary/aromatic N) is 3. The van der Waals surface area contributed by atoms with Crippen LogP contribution >= 0.6 is 0 Å². The molecule has 1 aliphatic rings. The Morgan fingerprint density at radius 3 is 2.95 bits per heavy atom. The van der Waals surface area contributed by atoms with Crippen molar-refractivity contribution in [2.24, 2.45) is 0 Å². The number of hydrogen-bond donors (Lipinski definition) is 0.